The summed E-state index contributed by atoms with van der Waals surface area (Å²) in [6.07, 6.45) is 3.72. The van der Waals surface area contributed by atoms with Crippen LogP contribution in [0, 0.1) is 0 Å². The first-order valence-electron chi connectivity index (χ1n) is 6.24. The van der Waals surface area contributed by atoms with E-state index in [9.17, 15) is 9.59 Å². The van der Waals surface area contributed by atoms with Crippen LogP contribution >= 0.6 is 0 Å². The fraction of sp³-hybridized carbons (Fsp3) is 0.538. The lowest BCUT2D eigenvalue weighted by molar-refractivity contribution is 0.0708. The van der Waals surface area contributed by atoms with Crippen LogP contribution < -0.4 is 10.9 Å². The maximum Gasteiger partial charge on any atom is 0.254 e. The van der Waals surface area contributed by atoms with E-state index in [2.05, 4.69) is 5.32 Å². The minimum atomic E-state index is -0.156. The third-order valence-electron chi connectivity index (χ3n) is 3.49. The number of nitrogens with zero attached hydrogens (tertiary/aromatic N) is 2. The third-order valence-corrected chi connectivity index (χ3v) is 3.49. The molecule has 1 unspecified atom stereocenters. The lowest BCUT2D eigenvalue weighted by Gasteiger charge is -2.31. The van der Waals surface area contributed by atoms with Crippen molar-refractivity contribution in [2.45, 2.75) is 18.9 Å². The second-order valence-corrected chi connectivity index (χ2v) is 4.78. The first kappa shape index (κ1) is 12.8. The van der Waals surface area contributed by atoms with E-state index in [-0.39, 0.29) is 17.5 Å². The zero-order chi connectivity index (χ0) is 13.1. The Hall–Kier alpha value is -1.62. The predicted octanol–water partition coefficient (Wildman–Crippen LogP) is 0.209. The van der Waals surface area contributed by atoms with Crippen LogP contribution in [0.4, 0.5) is 0 Å². The van der Waals surface area contributed by atoms with Crippen molar-refractivity contribution in [3.63, 3.8) is 0 Å². The van der Waals surface area contributed by atoms with Crippen molar-refractivity contribution < 1.29 is 4.79 Å². The van der Waals surface area contributed by atoms with E-state index in [1.54, 1.807) is 31.3 Å². The predicted molar refractivity (Wildman–Crippen MR) is 69.7 cm³/mol. The van der Waals surface area contributed by atoms with Crippen molar-refractivity contribution in [2.24, 2.45) is 7.05 Å². The number of likely N-dealkylation sites (N-methyl/N-ethyl adjacent to an activating group) is 1. The molecule has 1 aromatic heterocycles. The summed E-state index contributed by atoms with van der Waals surface area (Å²) in [6, 6.07) is 3.31. The van der Waals surface area contributed by atoms with E-state index >= 15 is 0 Å². The Balaban J connectivity index is 2.14. The van der Waals surface area contributed by atoms with Gasteiger partial charge in [0.2, 0.25) is 0 Å². The van der Waals surface area contributed by atoms with Gasteiger partial charge < -0.3 is 14.8 Å². The van der Waals surface area contributed by atoms with Gasteiger partial charge in [0.1, 0.15) is 0 Å². The monoisotopic (exact) mass is 249 g/mol. The van der Waals surface area contributed by atoms with E-state index < -0.39 is 0 Å². The lowest BCUT2D eigenvalue weighted by Crippen LogP contribution is -2.46. The standard InChI is InChI=1S/C13H19N3O2/c1-15-7-5-10(8-12(15)17)13(18)16(2)11-4-3-6-14-9-11/h5,7-8,11,14H,3-4,6,9H2,1-2H3. The molecule has 1 saturated heterocycles. The van der Waals surface area contributed by atoms with Crippen LogP contribution in [0.15, 0.2) is 23.1 Å². The van der Waals surface area contributed by atoms with Crippen LogP contribution in [-0.2, 0) is 7.05 Å². The van der Waals surface area contributed by atoms with Gasteiger partial charge in [-0.1, -0.05) is 0 Å². The zero-order valence-electron chi connectivity index (χ0n) is 10.8. The molecule has 1 atom stereocenters. The van der Waals surface area contributed by atoms with Gasteiger partial charge in [0.05, 0.1) is 0 Å². The molecule has 1 aromatic rings. The SMILES string of the molecule is CN(C(=O)c1ccn(C)c(=O)c1)C1CCCNC1. The van der Waals surface area contributed by atoms with Crippen molar-refractivity contribution in [1.29, 1.82) is 0 Å². The van der Waals surface area contributed by atoms with Crippen LogP contribution in [0.2, 0.25) is 0 Å². The molecule has 18 heavy (non-hydrogen) atoms. The fourth-order valence-electron chi connectivity index (χ4n) is 2.22. The Morgan fingerprint density at radius 1 is 1.56 bits per heavy atom. The molecule has 0 spiro atoms. The first-order valence-corrected chi connectivity index (χ1v) is 6.24. The van der Waals surface area contributed by atoms with Gasteiger partial charge in [-0.25, -0.2) is 0 Å². The summed E-state index contributed by atoms with van der Waals surface area (Å²) >= 11 is 0. The number of nitrogens with one attached hydrogen (secondary N) is 1. The molecule has 1 amide bonds. The quantitative estimate of drug-likeness (QED) is 0.815. The number of carbonyl (C=O) groups excluding carboxylic acids is 1. The Kier molecular flexibility index (Phi) is 3.81. The number of rotatable bonds is 2. The number of piperidine rings is 1. The second-order valence-electron chi connectivity index (χ2n) is 4.78. The van der Waals surface area contributed by atoms with E-state index in [0.29, 0.717) is 5.56 Å². The Morgan fingerprint density at radius 2 is 2.33 bits per heavy atom. The molecule has 5 nitrogen and oxygen atoms in total. The van der Waals surface area contributed by atoms with Gasteiger partial charge in [0.25, 0.3) is 11.5 Å². The van der Waals surface area contributed by atoms with Crippen LogP contribution in [0.25, 0.3) is 0 Å². The number of pyridine rings is 1. The number of aryl methyl sites for hydroxylation is 1. The summed E-state index contributed by atoms with van der Waals surface area (Å²) in [7, 11) is 3.48. The summed E-state index contributed by atoms with van der Waals surface area (Å²) in [4.78, 5) is 25.5. The van der Waals surface area contributed by atoms with Crippen molar-refractivity contribution in [2.75, 3.05) is 20.1 Å². The molecule has 2 rings (SSSR count). The number of amides is 1. The minimum absolute atomic E-state index is 0.0820. The Bertz CT molecular complexity index is 489. The Labute approximate surface area is 106 Å². The highest BCUT2D eigenvalue weighted by atomic mass is 16.2. The van der Waals surface area contributed by atoms with E-state index in [1.165, 1.54) is 10.6 Å². The van der Waals surface area contributed by atoms with Gasteiger partial charge in [0, 0.05) is 44.5 Å². The van der Waals surface area contributed by atoms with Gasteiger partial charge in [-0.3, -0.25) is 9.59 Å². The van der Waals surface area contributed by atoms with E-state index in [1.807, 2.05) is 0 Å². The van der Waals surface area contributed by atoms with Gasteiger partial charge in [0.15, 0.2) is 0 Å². The second kappa shape index (κ2) is 5.35. The number of hydrogen-bond acceptors (Lipinski definition) is 3. The Morgan fingerprint density at radius 3 is 2.94 bits per heavy atom. The van der Waals surface area contributed by atoms with Gasteiger partial charge in [-0.05, 0) is 25.5 Å². The van der Waals surface area contributed by atoms with Crippen LogP contribution in [-0.4, -0.2) is 41.6 Å². The first-order chi connectivity index (χ1) is 8.59. The minimum Gasteiger partial charge on any atom is -0.337 e. The highest BCUT2D eigenvalue weighted by Crippen LogP contribution is 2.11. The smallest absolute Gasteiger partial charge is 0.254 e. The van der Waals surface area contributed by atoms with Crippen LogP contribution in [0.5, 0.6) is 0 Å². The average molecular weight is 249 g/mol. The summed E-state index contributed by atoms with van der Waals surface area (Å²) in [5, 5.41) is 3.28. The largest absolute Gasteiger partial charge is 0.337 e. The molecule has 98 valence electrons. The normalized spacial score (nSPS) is 19.6. The highest BCUT2D eigenvalue weighted by Gasteiger charge is 2.22. The van der Waals surface area contributed by atoms with Crippen LogP contribution in [0.1, 0.15) is 23.2 Å². The van der Waals surface area contributed by atoms with Crippen molar-refractivity contribution in [3.05, 3.63) is 34.2 Å². The fourth-order valence-corrected chi connectivity index (χ4v) is 2.22. The molecule has 0 radical (unpaired) electrons. The summed E-state index contributed by atoms with van der Waals surface area (Å²) < 4.78 is 1.46. The molecule has 2 heterocycles. The molecule has 0 aliphatic carbocycles. The molecular formula is C13H19N3O2. The topological polar surface area (TPSA) is 54.3 Å². The summed E-state index contributed by atoms with van der Waals surface area (Å²) in [5.74, 6) is -0.0820. The molecule has 0 saturated carbocycles. The zero-order valence-corrected chi connectivity index (χ0v) is 10.8. The molecule has 5 heteroatoms. The maximum atomic E-state index is 12.3. The van der Waals surface area contributed by atoms with Crippen molar-refractivity contribution >= 4 is 5.91 Å². The molecule has 0 aromatic carbocycles. The molecule has 1 aliphatic heterocycles. The lowest BCUT2D eigenvalue weighted by atomic mass is 10.1. The number of hydrogen-bond donors (Lipinski definition) is 1. The number of carbonyl (C=O) groups is 1. The maximum absolute atomic E-state index is 12.3. The molecule has 1 N–H and O–H groups in total. The van der Waals surface area contributed by atoms with Crippen molar-refractivity contribution in [3.8, 4) is 0 Å². The van der Waals surface area contributed by atoms with Gasteiger partial charge >= 0.3 is 0 Å². The van der Waals surface area contributed by atoms with Gasteiger partial charge in [-0.15, -0.1) is 0 Å². The third kappa shape index (κ3) is 2.61. The highest BCUT2D eigenvalue weighted by molar-refractivity contribution is 5.94. The summed E-state index contributed by atoms with van der Waals surface area (Å²) in [5.41, 5.74) is 0.308. The van der Waals surface area contributed by atoms with Crippen molar-refractivity contribution in [1.82, 2.24) is 14.8 Å². The molecule has 1 fully saturated rings. The summed E-state index contributed by atoms with van der Waals surface area (Å²) in [6.45, 7) is 1.84. The molecule has 0 bridgehead atoms. The van der Waals surface area contributed by atoms with Gasteiger partial charge in [-0.2, -0.15) is 0 Å². The van der Waals surface area contributed by atoms with E-state index in [4.69, 9.17) is 0 Å². The number of aromatic nitrogens is 1. The molecular weight excluding hydrogens is 230 g/mol. The molecule has 1 aliphatic rings. The van der Waals surface area contributed by atoms with E-state index in [0.717, 1.165) is 25.9 Å². The average Bonchev–Trinajstić information content (AvgIpc) is 2.41. The van der Waals surface area contributed by atoms with Crippen LogP contribution in [0.3, 0.4) is 0 Å².